The number of hydrogen-bond donors (Lipinski definition) is 3. The van der Waals surface area contributed by atoms with Gasteiger partial charge in [-0.1, -0.05) is 123 Å². The van der Waals surface area contributed by atoms with Gasteiger partial charge in [-0.3, -0.25) is 18.6 Å². The van der Waals surface area contributed by atoms with Gasteiger partial charge in [0.1, 0.15) is 12.7 Å². The molecule has 0 saturated carbocycles. The lowest BCUT2D eigenvalue weighted by Crippen LogP contribution is -2.29. The standard InChI is InChI=1S/C31H61O10P/c1-3-5-7-9-11-12-13-14-15-17-18-20-22-30(34)38-26-29(27-40-42(36,37)39-25-28(33)24-32)41-31(35)23-21-19-16-10-8-6-4-2/h28-29,32-33H,3-27H2,1-2H3,(H,36,37)/t28-,29+/m1/s1. The highest BCUT2D eigenvalue weighted by molar-refractivity contribution is 7.47. The first-order valence-electron chi connectivity index (χ1n) is 16.5. The van der Waals surface area contributed by atoms with Crippen LogP contribution in [-0.2, 0) is 32.7 Å². The van der Waals surface area contributed by atoms with Gasteiger partial charge in [-0.2, -0.15) is 0 Å². The number of aliphatic hydroxyl groups is 2. The monoisotopic (exact) mass is 624 g/mol. The number of phosphoric ester groups is 1. The molecule has 0 aromatic heterocycles. The Balaban J connectivity index is 4.38. The Morgan fingerprint density at radius 3 is 1.48 bits per heavy atom. The molecule has 0 fully saturated rings. The zero-order valence-electron chi connectivity index (χ0n) is 26.5. The van der Waals surface area contributed by atoms with Gasteiger partial charge in [-0.15, -0.1) is 0 Å². The topological polar surface area (TPSA) is 149 Å². The Bertz CT molecular complexity index is 691. The van der Waals surface area contributed by atoms with Crippen LogP contribution in [0, 0.1) is 0 Å². The first-order chi connectivity index (χ1) is 20.2. The number of aliphatic hydroxyl groups excluding tert-OH is 2. The second-order valence-corrected chi connectivity index (χ2v) is 12.7. The second-order valence-electron chi connectivity index (χ2n) is 11.2. The molecule has 10 nitrogen and oxygen atoms in total. The minimum atomic E-state index is -4.59. The molecule has 42 heavy (non-hydrogen) atoms. The molecule has 0 aliphatic heterocycles. The highest BCUT2D eigenvalue weighted by Crippen LogP contribution is 2.43. The highest BCUT2D eigenvalue weighted by Gasteiger charge is 2.27. The van der Waals surface area contributed by atoms with E-state index in [1.165, 1.54) is 70.6 Å². The number of ether oxygens (including phenoxy) is 2. The molecule has 11 heteroatoms. The summed E-state index contributed by atoms with van der Waals surface area (Å²) in [7, 11) is -4.59. The molecule has 0 spiro atoms. The van der Waals surface area contributed by atoms with E-state index in [-0.39, 0.29) is 19.4 Å². The van der Waals surface area contributed by atoms with Gasteiger partial charge < -0.3 is 24.6 Å². The average molecular weight is 625 g/mol. The summed E-state index contributed by atoms with van der Waals surface area (Å²) in [5.74, 6) is -0.928. The lowest BCUT2D eigenvalue weighted by molar-refractivity contribution is -0.161. The van der Waals surface area contributed by atoms with Crippen molar-refractivity contribution in [3.05, 3.63) is 0 Å². The second kappa shape index (κ2) is 28.7. The van der Waals surface area contributed by atoms with Crippen LogP contribution in [0.2, 0.25) is 0 Å². The molecule has 0 aliphatic rings. The van der Waals surface area contributed by atoms with Crippen molar-refractivity contribution in [2.24, 2.45) is 0 Å². The third kappa shape index (κ3) is 27.8. The molecule has 0 aromatic carbocycles. The van der Waals surface area contributed by atoms with Crippen molar-refractivity contribution >= 4 is 19.8 Å². The normalized spacial score (nSPS) is 14.3. The summed E-state index contributed by atoms with van der Waals surface area (Å²) in [4.78, 5) is 34.5. The van der Waals surface area contributed by atoms with E-state index in [4.69, 9.17) is 19.1 Å². The number of phosphoric acid groups is 1. The van der Waals surface area contributed by atoms with Gasteiger partial charge >= 0.3 is 19.8 Å². The van der Waals surface area contributed by atoms with E-state index >= 15 is 0 Å². The van der Waals surface area contributed by atoms with Gasteiger partial charge in [0, 0.05) is 12.8 Å². The zero-order chi connectivity index (χ0) is 31.3. The van der Waals surface area contributed by atoms with Gasteiger partial charge in [-0.05, 0) is 12.8 Å². The molecule has 250 valence electrons. The lowest BCUT2D eigenvalue weighted by atomic mass is 10.0. The van der Waals surface area contributed by atoms with E-state index in [1.54, 1.807) is 0 Å². The van der Waals surface area contributed by atoms with Crippen molar-refractivity contribution in [3.8, 4) is 0 Å². The maximum absolute atomic E-state index is 12.4. The molecule has 0 amide bonds. The fraction of sp³-hybridized carbons (Fsp3) is 0.935. The average Bonchev–Trinajstić information content (AvgIpc) is 2.97. The first kappa shape index (κ1) is 41.0. The number of unbranched alkanes of at least 4 members (excludes halogenated alkanes) is 17. The van der Waals surface area contributed by atoms with Crippen LogP contribution in [0.5, 0.6) is 0 Å². The molecule has 0 bridgehead atoms. The minimum absolute atomic E-state index is 0.188. The van der Waals surface area contributed by atoms with Crippen LogP contribution in [0.25, 0.3) is 0 Å². The Morgan fingerprint density at radius 2 is 1.02 bits per heavy atom. The number of esters is 2. The molecule has 1 unspecified atom stereocenters. The number of carbonyl (C=O) groups excluding carboxylic acids is 2. The van der Waals surface area contributed by atoms with Gasteiger partial charge in [0.25, 0.3) is 0 Å². The van der Waals surface area contributed by atoms with E-state index in [0.29, 0.717) is 12.8 Å². The summed E-state index contributed by atoms with van der Waals surface area (Å²) >= 11 is 0. The molecule has 0 radical (unpaired) electrons. The van der Waals surface area contributed by atoms with Gasteiger partial charge in [-0.25, -0.2) is 4.57 Å². The fourth-order valence-corrected chi connectivity index (χ4v) is 5.19. The van der Waals surface area contributed by atoms with Crippen molar-refractivity contribution in [2.75, 3.05) is 26.4 Å². The van der Waals surface area contributed by atoms with E-state index in [2.05, 4.69) is 18.4 Å². The summed E-state index contributed by atoms with van der Waals surface area (Å²) in [5, 5.41) is 18.2. The third-order valence-corrected chi connectivity index (χ3v) is 7.96. The molecule has 3 atom stereocenters. The Morgan fingerprint density at radius 1 is 0.619 bits per heavy atom. The smallest absolute Gasteiger partial charge is 0.462 e. The minimum Gasteiger partial charge on any atom is -0.462 e. The van der Waals surface area contributed by atoms with Gasteiger partial charge in [0.15, 0.2) is 6.10 Å². The number of carbonyl (C=O) groups is 2. The van der Waals surface area contributed by atoms with Crippen LogP contribution in [0.15, 0.2) is 0 Å². The van der Waals surface area contributed by atoms with Crippen LogP contribution in [0.1, 0.15) is 149 Å². The summed E-state index contributed by atoms with van der Waals surface area (Å²) in [6.07, 6.45) is 19.6. The lowest BCUT2D eigenvalue weighted by Gasteiger charge is -2.20. The summed E-state index contributed by atoms with van der Waals surface area (Å²) < 4.78 is 32.3. The maximum atomic E-state index is 12.4. The summed E-state index contributed by atoms with van der Waals surface area (Å²) in [6, 6.07) is 0. The predicted octanol–water partition coefficient (Wildman–Crippen LogP) is 7.16. The maximum Gasteiger partial charge on any atom is 0.472 e. The van der Waals surface area contributed by atoms with Gasteiger partial charge in [0.2, 0.25) is 0 Å². The van der Waals surface area contributed by atoms with Crippen LogP contribution in [-0.4, -0.2) is 65.7 Å². The van der Waals surface area contributed by atoms with E-state index in [1.807, 2.05) is 0 Å². The van der Waals surface area contributed by atoms with Crippen LogP contribution in [0.3, 0.4) is 0 Å². The van der Waals surface area contributed by atoms with Crippen molar-refractivity contribution in [1.82, 2.24) is 0 Å². The predicted molar refractivity (Wildman–Crippen MR) is 164 cm³/mol. The van der Waals surface area contributed by atoms with Crippen LogP contribution in [0.4, 0.5) is 0 Å². The Labute approximate surface area is 254 Å². The molecule has 3 N–H and O–H groups in total. The van der Waals surface area contributed by atoms with Crippen LogP contribution >= 0.6 is 7.82 Å². The molecule has 0 saturated heterocycles. The Kier molecular flexibility index (Phi) is 28.0. The molecule has 0 aliphatic carbocycles. The molecule has 0 rings (SSSR count). The van der Waals surface area contributed by atoms with E-state index in [0.717, 1.165) is 38.5 Å². The van der Waals surface area contributed by atoms with E-state index in [9.17, 15) is 24.2 Å². The third-order valence-electron chi connectivity index (χ3n) is 7.01. The molecule has 0 heterocycles. The van der Waals surface area contributed by atoms with Gasteiger partial charge in [0.05, 0.1) is 19.8 Å². The molecular weight excluding hydrogens is 563 g/mol. The van der Waals surface area contributed by atoms with Crippen molar-refractivity contribution in [2.45, 2.75) is 161 Å². The quantitative estimate of drug-likeness (QED) is 0.0412. The first-order valence-corrected chi connectivity index (χ1v) is 18.0. The summed E-state index contributed by atoms with van der Waals surface area (Å²) in [5.41, 5.74) is 0. The molecular formula is C31H61O10P. The van der Waals surface area contributed by atoms with Crippen molar-refractivity contribution in [3.63, 3.8) is 0 Å². The zero-order valence-corrected chi connectivity index (χ0v) is 27.4. The SMILES string of the molecule is CCCCCCCCCCCCCCC(=O)OC[C@@H](COP(=O)(O)OC[C@H](O)CO)OC(=O)CCCCCCCCC. The molecule has 0 aromatic rings. The highest BCUT2D eigenvalue weighted by atomic mass is 31.2. The number of hydrogen-bond acceptors (Lipinski definition) is 9. The van der Waals surface area contributed by atoms with Crippen LogP contribution < -0.4 is 0 Å². The largest absolute Gasteiger partial charge is 0.472 e. The fourth-order valence-electron chi connectivity index (χ4n) is 4.40. The van der Waals surface area contributed by atoms with Crippen molar-refractivity contribution < 1.29 is 47.8 Å². The number of rotatable bonds is 31. The van der Waals surface area contributed by atoms with E-state index < -0.39 is 51.8 Å². The van der Waals surface area contributed by atoms with Crippen molar-refractivity contribution in [1.29, 1.82) is 0 Å². The summed E-state index contributed by atoms with van der Waals surface area (Å²) in [6.45, 7) is 2.30. The Hall–Kier alpha value is -1.03.